The minimum absolute atomic E-state index is 0.575. The maximum Gasteiger partial charge on any atom is 0.144 e. The number of pyridine rings is 1. The maximum absolute atomic E-state index is 10.8. The number of hydrogen-bond acceptors (Lipinski definition) is 6. The molecule has 0 radical (unpaired) electrons. The molecule has 0 aliphatic carbocycles. The van der Waals surface area contributed by atoms with Gasteiger partial charge in [-0.05, 0) is 49.4 Å². The van der Waals surface area contributed by atoms with Gasteiger partial charge < -0.3 is 21.1 Å². The van der Waals surface area contributed by atoms with Crippen molar-refractivity contribution in [3.8, 4) is 0 Å². The lowest BCUT2D eigenvalue weighted by atomic mass is 9.99. The van der Waals surface area contributed by atoms with Crippen molar-refractivity contribution in [2.45, 2.75) is 19.4 Å². The molecule has 1 aliphatic rings. The fraction of sp³-hybridized carbons (Fsp3) is 0.304. The topological polar surface area (TPSA) is 91.2 Å². The van der Waals surface area contributed by atoms with Gasteiger partial charge in [-0.25, -0.2) is 4.98 Å². The highest BCUT2D eigenvalue weighted by molar-refractivity contribution is 5.81. The van der Waals surface area contributed by atoms with E-state index in [4.69, 9.17) is 10.7 Å². The van der Waals surface area contributed by atoms with Crippen LogP contribution in [0.5, 0.6) is 0 Å². The van der Waals surface area contributed by atoms with Crippen molar-refractivity contribution in [2.75, 3.05) is 26.2 Å². The highest BCUT2D eigenvalue weighted by atomic mass is 16.3. The van der Waals surface area contributed by atoms with Crippen molar-refractivity contribution < 1.29 is 5.11 Å². The summed E-state index contributed by atoms with van der Waals surface area (Å²) in [6.07, 6.45) is 5.64. The number of hydrogen-bond donors (Lipinski definition) is 3. The average molecular weight is 405 g/mol. The fourth-order valence-electron chi connectivity index (χ4n) is 3.68. The molecule has 3 heterocycles. The smallest absolute Gasteiger partial charge is 0.144 e. The Kier molecular flexibility index (Phi) is 5.22. The summed E-state index contributed by atoms with van der Waals surface area (Å²) < 4.78 is 2.00. The standard InChI is InChI=1S/C23H28N6O/c1-16-17(8-9-21(24)26-11-13-28-12-10-25-15-28)14-18(23(2,3)30)22-27-19-6-4-5-7-20(19)29(16)22/h4-9,14-15,26,30H,1,10-13,24H2,2-3H3/b17-8-,21-9+. The maximum atomic E-state index is 10.8. The van der Waals surface area contributed by atoms with Gasteiger partial charge in [-0.2, -0.15) is 0 Å². The number of allylic oxidation sites excluding steroid dienone is 1. The molecule has 3 aromatic rings. The number of rotatable bonds is 6. The third-order valence-corrected chi connectivity index (χ3v) is 5.30. The van der Waals surface area contributed by atoms with Crippen molar-refractivity contribution in [1.82, 2.24) is 19.6 Å². The molecule has 7 heteroatoms. The van der Waals surface area contributed by atoms with Gasteiger partial charge in [-0.1, -0.05) is 18.7 Å². The van der Waals surface area contributed by atoms with Crippen molar-refractivity contribution in [1.29, 1.82) is 0 Å². The Bertz CT molecular complexity index is 1250. The van der Waals surface area contributed by atoms with E-state index in [0.29, 0.717) is 11.5 Å². The minimum atomic E-state index is -1.05. The molecule has 0 spiro atoms. The van der Waals surface area contributed by atoms with E-state index in [0.717, 1.165) is 53.3 Å². The summed E-state index contributed by atoms with van der Waals surface area (Å²) in [5, 5.41) is 15.7. The Balaban J connectivity index is 1.72. The Morgan fingerprint density at radius 2 is 2.17 bits per heavy atom. The number of imidazole rings is 1. The number of nitrogens with one attached hydrogen (secondary N) is 1. The van der Waals surface area contributed by atoms with E-state index < -0.39 is 5.60 Å². The van der Waals surface area contributed by atoms with Gasteiger partial charge in [0.05, 0.1) is 35.3 Å². The zero-order valence-corrected chi connectivity index (χ0v) is 17.5. The van der Waals surface area contributed by atoms with Crippen LogP contribution in [0.25, 0.3) is 29.3 Å². The molecule has 0 unspecified atom stereocenters. The number of aliphatic imine (C=N–C) groups is 1. The van der Waals surface area contributed by atoms with Crippen molar-refractivity contribution in [2.24, 2.45) is 10.7 Å². The van der Waals surface area contributed by atoms with Crippen LogP contribution in [-0.4, -0.2) is 51.9 Å². The SMILES string of the molecule is C=c1/c(=C\C=C(/N)NCCN2C=NCC2)cc(C(C)(C)O)c2nc3ccccc3n12. The largest absolute Gasteiger partial charge is 0.386 e. The van der Waals surface area contributed by atoms with Crippen LogP contribution >= 0.6 is 0 Å². The van der Waals surface area contributed by atoms with Crippen molar-refractivity contribution >= 4 is 35.7 Å². The normalized spacial score (nSPS) is 15.6. The fourth-order valence-corrected chi connectivity index (χ4v) is 3.68. The number of benzene rings is 1. The van der Waals surface area contributed by atoms with E-state index in [1.54, 1.807) is 13.8 Å². The van der Waals surface area contributed by atoms with Gasteiger partial charge in [-0.3, -0.25) is 9.39 Å². The second-order valence-corrected chi connectivity index (χ2v) is 8.05. The van der Waals surface area contributed by atoms with Crippen LogP contribution in [-0.2, 0) is 5.60 Å². The molecule has 2 aromatic heterocycles. The molecule has 0 amide bonds. The summed E-state index contributed by atoms with van der Waals surface area (Å²) in [6, 6.07) is 9.84. The first-order chi connectivity index (χ1) is 14.3. The number of fused-ring (bicyclic) bond motifs is 3. The molecule has 0 bridgehead atoms. The molecule has 4 N–H and O–H groups in total. The van der Waals surface area contributed by atoms with Crippen molar-refractivity contribution in [3.63, 3.8) is 0 Å². The predicted molar refractivity (Wildman–Crippen MR) is 122 cm³/mol. The number of para-hydroxylation sites is 2. The summed E-state index contributed by atoms with van der Waals surface area (Å²) in [5.74, 6) is 0.575. The molecule has 1 aliphatic heterocycles. The van der Waals surface area contributed by atoms with Gasteiger partial charge in [-0.15, -0.1) is 0 Å². The third kappa shape index (κ3) is 3.89. The molecule has 0 fully saturated rings. The third-order valence-electron chi connectivity index (χ3n) is 5.30. The number of nitrogens with zero attached hydrogens (tertiary/aromatic N) is 4. The lowest BCUT2D eigenvalue weighted by molar-refractivity contribution is 0.0795. The first-order valence-electron chi connectivity index (χ1n) is 10.1. The number of aromatic nitrogens is 2. The van der Waals surface area contributed by atoms with E-state index in [1.807, 2.05) is 53.2 Å². The molecule has 7 nitrogen and oxygen atoms in total. The summed E-state index contributed by atoms with van der Waals surface area (Å²) in [6.45, 7) is 11.2. The lowest BCUT2D eigenvalue weighted by Crippen LogP contribution is -2.34. The van der Waals surface area contributed by atoms with Gasteiger partial charge in [0.2, 0.25) is 0 Å². The average Bonchev–Trinajstić information content (AvgIpc) is 3.34. The second-order valence-electron chi connectivity index (χ2n) is 8.05. The van der Waals surface area contributed by atoms with Crippen LogP contribution in [0.1, 0.15) is 19.4 Å². The molecular formula is C23H28N6O. The predicted octanol–water partition coefficient (Wildman–Crippen LogP) is 0.639. The Morgan fingerprint density at radius 1 is 1.37 bits per heavy atom. The van der Waals surface area contributed by atoms with Gasteiger partial charge in [0.15, 0.2) is 0 Å². The van der Waals surface area contributed by atoms with E-state index in [2.05, 4.69) is 21.8 Å². The Morgan fingerprint density at radius 3 is 2.90 bits per heavy atom. The molecule has 30 heavy (non-hydrogen) atoms. The highest BCUT2D eigenvalue weighted by Crippen LogP contribution is 2.24. The first kappa shape index (κ1) is 20.0. The Labute approximate surface area is 175 Å². The molecule has 0 saturated carbocycles. The van der Waals surface area contributed by atoms with Crippen molar-refractivity contribution in [3.05, 3.63) is 58.4 Å². The second kappa shape index (κ2) is 7.84. The molecule has 0 atom stereocenters. The summed E-state index contributed by atoms with van der Waals surface area (Å²) in [4.78, 5) is 11.1. The van der Waals surface area contributed by atoms with Crippen LogP contribution in [0, 0.1) is 0 Å². The van der Waals surface area contributed by atoms with E-state index >= 15 is 0 Å². The molecule has 1 aromatic carbocycles. The van der Waals surface area contributed by atoms with Crippen LogP contribution < -0.4 is 21.6 Å². The quantitative estimate of drug-likeness (QED) is 0.561. The lowest BCUT2D eigenvalue weighted by Gasteiger charge is -2.19. The van der Waals surface area contributed by atoms with Gasteiger partial charge in [0.25, 0.3) is 0 Å². The highest BCUT2D eigenvalue weighted by Gasteiger charge is 2.22. The van der Waals surface area contributed by atoms with Gasteiger partial charge >= 0.3 is 0 Å². The molecular weight excluding hydrogens is 376 g/mol. The molecule has 156 valence electrons. The van der Waals surface area contributed by atoms with Gasteiger partial charge in [0, 0.05) is 30.5 Å². The summed E-state index contributed by atoms with van der Waals surface area (Å²) in [7, 11) is 0. The summed E-state index contributed by atoms with van der Waals surface area (Å²) >= 11 is 0. The van der Waals surface area contributed by atoms with Crippen LogP contribution in [0.15, 0.2) is 47.2 Å². The number of nitrogens with two attached hydrogens (primary N) is 1. The first-order valence-corrected chi connectivity index (χ1v) is 10.1. The van der Waals surface area contributed by atoms with E-state index in [9.17, 15) is 5.11 Å². The van der Waals surface area contributed by atoms with E-state index in [-0.39, 0.29) is 0 Å². The van der Waals surface area contributed by atoms with Crippen LogP contribution in [0.3, 0.4) is 0 Å². The number of aliphatic hydroxyl groups is 1. The zero-order valence-electron chi connectivity index (χ0n) is 17.5. The monoisotopic (exact) mass is 404 g/mol. The van der Waals surface area contributed by atoms with Crippen LogP contribution in [0.2, 0.25) is 0 Å². The Hall–Kier alpha value is -3.32. The molecule has 0 saturated heterocycles. The van der Waals surface area contributed by atoms with E-state index in [1.165, 1.54) is 0 Å². The van der Waals surface area contributed by atoms with Gasteiger partial charge in [0.1, 0.15) is 5.65 Å². The van der Waals surface area contributed by atoms with Crippen LogP contribution in [0.4, 0.5) is 0 Å². The zero-order chi connectivity index (χ0) is 21.3. The molecule has 4 rings (SSSR count). The minimum Gasteiger partial charge on any atom is -0.386 e. The summed E-state index contributed by atoms with van der Waals surface area (Å²) in [5.41, 5.74) is 8.37.